The lowest BCUT2D eigenvalue weighted by molar-refractivity contribution is -0.132. The molecule has 0 spiro atoms. The first kappa shape index (κ1) is 18.2. The Labute approximate surface area is 144 Å². The van der Waals surface area contributed by atoms with Crippen molar-refractivity contribution < 1.29 is 13.2 Å². The van der Waals surface area contributed by atoms with Crippen LogP contribution in [0, 0.1) is 0 Å². The van der Waals surface area contributed by atoms with E-state index < -0.39 is 9.84 Å². The Kier molecular flexibility index (Phi) is 6.55. The molecular weight excluding hydrogens is 322 g/mol. The Balaban J connectivity index is 2.05. The van der Waals surface area contributed by atoms with Crippen molar-refractivity contribution in [2.45, 2.75) is 25.9 Å². The molecule has 128 valence electrons. The number of carbonyl (C=O) groups excluding carboxylic acids is 1. The van der Waals surface area contributed by atoms with E-state index in [-0.39, 0.29) is 18.1 Å². The zero-order valence-corrected chi connectivity index (χ0v) is 14.7. The fourth-order valence-corrected chi connectivity index (χ4v) is 3.15. The van der Waals surface area contributed by atoms with Crippen molar-refractivity contribution in [1.82, 2.24) is 4.90 Å². The van der Waals surface area contributed by atoms with Crippen molar-refractivity contribution in [3.05, 3.63) is 71.8 Å². The van der Waals surface area contributed by atoms with Gasteiger partial charge < -0.3 is 4.90 Å². The van der Waals surface area contributed by atoms with Gasteiger partial charge >= 0.3 is 0 Å². The lowest BCUT2D eigenvalue weighted by Crippen LogP contribution is -2.30. The van der Waals surface area contributed by atoms with Gasteiger partial charge in [-0.2, -0.15) is 0 Å². The number of hydrogen-bond donors (Lipinski definition) is 0. The molecule has 5 heteroatoms. The minimum absolute atomic E-state index is 0.0219. The number of hydrogen-bond acceptors (Lipinski definition) is 3. The summed E-state index contributed by atoms with van der Waals surface area (Å²) in [4.78, 5) is 14.4. The van der Waals surface area contributed by atoms with Crippen LogP contribution >= 0.6 is 0 Å². The molecule has 0 aliphatic rings. The van der Waals surface area contributed by atoms with Crippen LogP contribution in [0.3, 0.4) is 0 Å². The first-order chi connectivity index (χ1) is 11.4. The van der Waals surface area contributed by atoms with Crippen molar-refractivity contribution in [3.8, 4) is 0 Å². The van der Waals surface area contributed by atoms with Crippen LogP contribution in [0.2, 0.25) is 0 Å². The van der Waals surface area contributed by atoms with Crippen LogP contribution in [0.4, 0.5) is 0 Å². The van der Waals surface area contributed by atoms with E-state index in [0.717, 1.165) is 11.1 Å². The van der Waals surface area contributed by atoms with Crippen LogP contribution in [-0.4, -0.2) is 31.2 Å². The summed E-state index contributed by atoms with van der Waals surface area (Å²) in [5.41, 5.74) is 2.12. The zero-order chi connectivity index (χ0) is 17.4. The molecule has 2 aromatic rings. The van der Waals surface area contributed by atoms with Crippen LogP contribution in [0.15, 0.2) is 60.7 Å². The number of nitrogens with zero attached hydrogens (tertiary/aromatic N) is 1. The van der Waals surface area contributed by atoms with Crippen LogP contribution in [0.5, 0.6) is 0 Å². The molecule has 24 heavy (non-hydrogen) atoms. The second-order valence-electron chi connectivity index (χ2n) is 5.95. The molecule has 0 fully saturated rings. The Bertz CT molecular complexity index is 701. The van der Waals surface area contributed by atoms with Gasteiger partial charge in [-0.15, -0.1) is 0 Å². The van der Waals surface area contributed by atoms with Gasteiger partial charge in [-0.25, -0.2) is 8.42 Å². The van der Waals surface area contributed by atoms with Crippen LogP contribution in [-0.2, 0) is 27.7 Å². The lowest BCUT2D eigenvalue weighted by Gasteiger charge is -2.23. The third-order valence-corrected chi connectivity index (χ3v) is 4.72. The molecule has 0 atom stereocenters. The average molecular weight is 345 g/mol. The number of sulfone groups is 1. The third kappa shape index (κ3) is 6.54. The number of benzene rings is 2. The Hall–Kier alpha value is -2.14. The van der Waals surface area contributed by atoms with Gasteiger partial charge in [0, 0.05) is 25.8 Å². The van der Waals surface area contributed by atoms with E-state index in [9.17, 15) is 13.2 Å². The minimum Gasteiger partial charge on any atom is -0.334 e. The number of rotatable bonds is 8. The quantitative estimate of drug-likeness (QED) is 0.739. The molecule has 0 aromatic heterocycles. The van der Waals surface area contributed by atoms with Crippen LogP contribution in [0.25, 0.3) is 0 Å². The Morgan fingerprint density at radius 2 is 1.33 bits per heavy atom. The van der Waals surface area contributed by atoms with Gasteiger partial charge in [-0.3, -0.25) is 4.79 Å². The minimum atomic E-state index is -3.03. The zero-order valence-electron chi connectivity index (χ0n) is 13.9. The van der Waals surface area contributed by atoms with E-state index in [4.69, 9.17) is 0 Å². The van der Waals surface area contributed by atoms with Crippen LogP contribution < -0.4 is 0 Å². The first-order valence-electron chi connectivity index (χ1n) is 7.97. The summed E-state index contributed by atoms with van der Waals surface area (Å²) in [5, 5.41) is 0. The predicted octanol–water partition coefficient (Wildman–Crippen LogP) is 3.04. The standard InChI is InChI=1S/C19H23NO3S/c1-24(22,23)14-8-13-19(21)20(15-17-9-4-2-5-10-17)16-18-11-6-3-7-12-18/h2-7,9-12H,8,13-16H2,1H3. The Morgan fingerprint density at radius 3 is 1.75 bits per heavy atom. The molecule has 0 radical (unpaired) electrons. The first-order valence-corrected chi connectivity index (χ1v) is 10.0. The SMILES string of the molecule is CS(=O)(=O)CCCC(=O)N(Cc1ccccc1)Cc1ccccc1. The highest BCUT2D eigenvalue weighted by molar-refractivity contribution is 7.90. The predicted molar refractivity (Wildman–Crippen MR) is 96.1 cm³/mol. The maximum Gasteiger partial charge on any atom is 0.223 e. The third-order valence-electron chi connectivity index (χ3n) is 3.69. The van der Waals surface area contributed by atoms with Crippen molar-refractivity contribution in [2.24, 2.45) is 0 Å². The molecule has 0 unspecified atom stereocenters. The highest BCUT2D eigenvalue weighted by Gasteiger charge is 2.15. The summed E-state index contributed by atoms with van der Waals surface area (Å²) in [6.07, 6.45) is 1.80. The summed E-state index contributed by atoms with van der Waals surface area (Å²) in [5.74, 6) is 0.0230. The molecule has 4 nitrogen and oxygen atoms in total. The summed E-state index contributed by atoms with van der Waals surface area (Å²) in [7, 11) is -3.03. The van der Waals surface area contributed by atoms with E-state index >= 15 is 0 Å². The number of amides is 1. The van der Waals surface area contributed by atoms with Gasteiger partial charge in [-0.05, 0) is 17.5 Å². The van der Waals surface area contributed by atoms with E-state index in [1.54, 1.807) is 4.90 Å². The molecular formula is C19H23NO3S. The molecule has 0 bridgehead atoms. The maximum atomic E-state index is 12.6. The second-order valence-corrected chi connectivity index (χ2v) is 8.21. The second kappa shape index (κ2) is 8.64. The van der Waals surface area contributed by atoms with E-state index in [1.807, 2.05) is 60.7 Å². The maximum absolute atomic E-state index is 12.6. The normalized spacial score (nSPS) is 11.2. The van der Waals surface area contributed by atoms with Gasteiger partial charge in [0.05, 0.1) is 5.75 Å². The fraction of sp³-hybridized carbons (Fsp3) is 0.316. The summed E-state index contributed by atoms with van der Waals surface area (Å²) in [6, 6.07) is 19.6. The topological polar surface area (TPSA) is 54.5 Å². The van der Waals surface area contributed by atoms with Crippen LogP contribution in [0.1, 0.15) is 24.0 Å². The summed E-state index contributed by atoms with van der Waals surface area (Å²) < 4.78 is 22.5. The van der Waals surface area contributed by atoms with Crippen molar-refractivity contribution in [3.63, 3.8) is 0 Å². The van der Waals surface area contributed by atoms with Crippen molar-refractivity contribution in [2.75, 3.05) is 12.0 Å². The number of carbonyl (C=O) groups is 1. The molecule has 0 aliphatic carbocycles. The fourth-order valence-electron chi connectivity index (χ4n) is 2.48. The molecule has 2 aromatic carbocycles. The van der Waals surface area contributed by atoms with Gasteiger partial charge in [-0.1, -0.05) is 60.7 Å². The highest BCUT2D eigenvalue weighted by atomic mass is 32.2. The van der Waals surface area contributed by atoms with Crippen molar-refractivity contribution >= 4 is 15.7 Å². The molecule has 0 saturated carbocycles. The lowest BCUT2D eigenvalue weighted by atomic mass is 10.1. The molecule has 1 amide bonds. The monoisotopic (exact) mass is 345 g/mol. The highest BCUT2D eigenvalue weighted by Crippen LogP contribution is 2.12. The van der Waals surface area contributed by atoms with Gasteiger partial charge in [0.25, 0.3) is 0 Å². The molecule has 0 saturated heterocycles. The molecule has 0 aliphatic heterocycles. The molecule has 0 N–H and O–H groups in total. The smallest absolute Gasteiger partial charge is 0.223 e. The van der Waals surface area contributed by atoms with Gasteiger partial charge in [0.1, 0.15) is 9.84 Å². The molecule has 0 heterocycles. The van der Waals surface area contributed by atoms with Gasteiger partial charge in [0.15, 0.2) is 0 Å². The van der Waals surface area contributed by atoms with Crippen molar-refractivity contribution in [1.29, 1.82) is 0 Å². The largest absolute Gasteiger partial charge is 0.334 e. The van der Waals surface area contributed by atoms with E-state index in [0.29, 0.717) is 19.5 Å². The van der Waals surface area contributed by atoms with Gasteiger partial charge in [0.2, 0.25) is 5.91 Å². The van der Waals surface area contributed by atoms with E-state index in [1.165, 1.54) is 6.26 Å². The average Bonchev–Trinajstić information content (AvgIpc) is 2.55. The molecule has 2 rings (SSSR count). The Morgan fingerprint density at radius 1 is 0.875 bits per heavy atom. The van der Waals surface area contributed by atoms with E-state index in [2.05, 4.69) is 0 Å². The summed E-state index contributed by atoms with van der Waals surface area (Å²) in [6.45, 7) is 1.04. The summed E-state index contributed by atoms with van der Waals surface area (Å²) >= 11 is 0.